The summed E-state index contributed by atoms with van der Waals surface area (Å²) < 4.78 is 69.0. The molecule has 0 atom stereocenters. The molecule has 5 nitrogen and oxygen atoms in total. The van der Waals surface area contributed by atoms with E-state index in [1.54, 1.807) is 6.07 Å². The number of nitrogens with zero attached hydrogens (tertiary/aromatic N) is 2. The Kier molecular flexibility index (Phi) is 5.15. The van der Waals surface area contributed by atoms with E-state index in [4.69, 9.17) is 0 Å². The second kappa shape index (κ2) is 7.77. The Hall–Kier alpha value is -3.43. The van der Waals surface area contributed by atoms with Crippen LogP contribution >= 0.6 is 0 Å². The number of halogens is 5. The van der Waals surface area contributed by atoms with Gasteiger partial charge in [-0.15, -0.1) is 13.2 Å². The molecule has 1 aliphatic carbocycles. The molecule has 3 aromatic rings. The van der Waals surface area contributed by atoms with Crippen molar-refractivity contribution in [3.05, 3.63) is 60.2 Å². The lowest BCUT2D eigenvalue weighted by Crippen LogP contribution is -2.17. The van der Waals surface area contributed by atoms with E-state index in [0.717, 1.165) is 31.0 Å². The van der Waals surface area contributed by atoms with E-state index in [1.807, 2.05) is 0 Å². The number of ether oxygens (including phenoxy) is 1. The fourth-order valence-corrected chi connectivity index (χ4v) is 2.72. The van der Waals surface area contributed by atoms with Crippen LogP contribution in [-0.2, 0) is 0 Å². The van der Waals surface area contributed by atoms with Crippen molar-refractivity contribution in [1.29, 1.82) is 0 Å². The normalized spacial score (nSPS) is 13.8. The van der Waals surface area contributed by atoms with Crippen molar-refractivity contribution in [1.82, 2.24) is 9.97 Å². The summed E-state index contributed by atoms with van der Waals surface area (Å²) in [6, 6.07) is 9.85. The first-order chi connectivity index (χ1) is 14.2. The molecule has 1 fully saturated rings. The maximum Gasteiger partial charge on any atom is 0.573 e. The molecule has 0 unspecified atom stereocenters. The standard InChI is InChI=1S/C20H15F5N4O/c21-12-4-7-15(22)17(9-12)27-18-10-16(28-19(29-18)26-13-5-6-13)11-2-1-3-14(8-11)30-20(23,24)25/h1-4,7-10,13H,5-6H2,(H2,26,27,28,29). The molecule has 1 saturated carbocycles. The summed E-state index contributed by atoms with van der Waals surface area (Å²) in [5.74, 6) is -1.36. The highest BCUT2D eigenvalue weighted by molar-refractivity contribution is 5.68. The van der Waals surface area contributed by atoms with Gasteiger partial charge < -0.3 is 15.4 Å². The van der Waals surface area contributed by atoms with Crippen LogP contribution in [0.5, 0.6) is 5.75 Å². The summed E-state index contributed by atoms with van der Waals surface area (Å²) in [6.45, 7) is 0. The Morgan fingerprint density at radius 3 is 2.50 bits per heavy atom. The van der Waals surface area contributed by atoms with Crippen LogP contribution in [0.4, 0.5) is 39.4 Å². The van der Waals surface area contributed by atoms with Gasteiger partial charge in [-0.25, -0.2) is 13.8 Å². The van der Waals surface area contributed by atoms with Crippen molar-refractivity contribution >= 4 is 17.5 Å². The Labute approximate surface area is 167 Å². The van der Waals surface area contributed by atoms with Gasteiger partial charge in [-0.3, -0.25) is 0 Å². The van der Waals surface area contributed by atoms with Gasteiger partial charge >= 0.3 is 6.36 Å². The number of nitrogens with one attached hydrogen (secondary N) is 2. The molecule has 0 spiro atoms. The van der Waals surface area contributed by atoms with Gasteiger partial charge in [-0.1, -0.05) is 12.1 Å². The predicted octanol–water partition coefficient (Wildman–Crippen LogP) is 5.64. The van der Waals surface area contributed by atoms with Crippen molar-refractivity contribution in [2.24, 2.45) is 0 Å². The van der Waals surface area contributed by atoms with Crippen LogP contribution in [-0.4, -0.2) is 22.4 Å². The second-order valence-electron chi connectivity index (χ2n) is 6.71. The number of alkyl halides is 3. The van der Waals surface area contributed by atoms with Crippen LogP contribution in [0, 0.1) is 11.6 Å². The monoisotopic (exact) mass is 422 g/mol. The average Bonchev–Trinajstić information content (AvgIpc) is 3.47. The Morgan fingerprint density at radius 2 is 1.77 bits per heavy atom. The molecule has 1 aliphatic rings. The number of aromatic nitrogens is 2. The van der Waals surface area contributed by atoms with Crippen molar-refractivity contribution in [2.75, 3.05) is 10.6 Å². The third-order valence-corrected chi connectivity index (χ3v) is 4.19. The van der Waals surface area contributed by atoms with E-state index in [0.29, 0.717) is 5.56 Å². The molecule has 0 amide bonds. The van der Waals surface area contributed by atoms with Crippen molar-refractivity contribution in [3.63, 3.8) is 0 Å². The number of hydrogen-bond acceptors (Lipinski definition) is 5. The van der Waals surface area contributed by atoms with E-state index >= 15 is 0 Å². The molecular formula is C20H15F5N4O. The summed E-state index contributed by atoms with van der Waals surface area (Å²) >= 11 is 0. The molecule has 0 radical (unpaired) electrons. The largest absolute Gasteiger partial charge is 0.573 e. The summed E-state index contributed by atoms with van der Waals surface area (Å²) in [6.07, 6.45) is -2.96. The number of hydrogen-bond donors (Lipinski definition) is 2. The molecule has 10 heteroatoms. The van der Waals surface area contributed by atoms with Gasteiger partial charge in [-0.05, 0) is 37.1 Å². The molecule has 30 heavy (non-hydrogen) atoms. The molecule has 0 bridgehead atoms. The van der Waals surface area contributed by atoms with Crippen LogP contribution in [0.15, 0.2) is 48.5 Å². The average molecular weight is 422 g/mol. The maximum atomic E-state index is 14.0. The van der Waals surface area contributed by atoms with Crippen molar-refractivity contribution in [2.45, 2.75) is 25.2 Å². The van der Waals surface area contributed by atoms with E-state index in [2.05, 4.69) is 25.3 Å². The highest BCUT2D eigenvalue weighted by Gasteiger charge is 2.31. The van der Waals surface area contributed by atoms with E-state index in [-0.39, 0.29) is 29.2 Å². The van der Waals surface area contributed by atoms with Crippen LogP contribution in [0.25, 0.3) is 11.3 Å². The summed E-state index contributed by atoms with van der Waals surface area (Å²) in [5.41, 5.74) is 0.479. The van der Waals surface area contributed by atoms with E-state index in [1.165, 1.54) is 24.3 Å². The Bertz CT molecular complexity index is 1070. The minimum absolute atomic E-state index is 0.133. The topological polar surface area (TPSA) is 59.1 Å². The first kappa shape index (κ1) is 19.9. The minimum Gasteiger partial charge on any atom is -0.406 e. The van der Waals surface area contributed by atoms with Gasteiger partial charge in [0.1, 0.15) is 23.2 Å². The molecule has 1 aromatic heterocycles. The molecule has 1 heterocycles. The number of anilines is 3. The van der Waals surface area contributed by atoms with Crippen molar-refractivity contribution in [3.8, 4) is 17.0 Å². The maximum absolute atomic E-state index is 14.0. The Balaban J connectivity index is 1.69. The van der Waals surface area contributed by atoms with Gasteiger partial charge in [0.25, 0.3) is 0 Å². The van der Waals surface area contributed by atoms with Gasteiger partial charge in [0.05, 0.1) is 11.4 Å². The molecule has 2 aromatic carbocycles. The van der Waals surface area contributed by atoms with E-state index < -0.39 is 23.7 Å². The van der Waals surface area contributed by atoms with E-state index in [9.17, 15) is 22.0 Å². The lowest BCUT2D eigenvalue weighted by atomic mass is 10.1. The van der Waals surface area contributed by atoms with Gasteiger partial charge in [-0.2, -0.15) is 4.98 Å². The molecule has 0 saturated heterocycles. The number of rotatable bonds is 6. The van der Waals surface area contributed by atoms with Crippen LogP contribution in [0.1, 0.15) is 12.8 Å². The molecule has 0 aliphatic heterocycles. The smallest absolute Gasteiger partial charge is 0.406 e. The van der Waals surface area contributed by atoms with Crippen molar-refractivity contribution < 1.29 is 26.7 Å². The molecule has 2 N–H and O–H groups in total. The zero-order chi connectivity index (χ0) is 21.3. The van der Waals surface area contributed by atoms with Gasteiger partial charge in [0.15, 0.2) is 0 Å². The summed E-state index contributed by atoms with van der Waals surface area (Å²) in [5, 5.41) is 5.78. The molecule has 156 valence electrons. The predicted molar refractivity (Wildman–Crippen MR) is 100 cm³/mol. The lowest BCUT2D eigenvalue weighted by Gasteiger charge is -2.13. The fourth-order valence-electron chi connectivity index (χ4n) is 2.72. The first-order valence-electron chi connectivity index (χ1n) is 8.99. The highest BCUT2D eigenvalue weighted by atomic mass is 19.4. The molecular weight excluding hydrogens is 407 g/mol. The minimum atomic E-state index is -4.83. The van der Waals surface area contributed by atoms with Gasteiger partial charge in [0.2, 0.25) is 5.95 Å². The fraction of sp³-hybridized carbons (Fsp3) is 0.200. The second-order valence-corrected chi connectivity index (χ2v) is 6.71. The zero-order valence-corrected chi connectivity index (χ0v) is 15.3. The van der Waals surface area contributed by atoms with Crippen LogP contribution in [0.3, 0.4) is 0 Å². The zero-order valence-electron chi connectivity index (χ0n) is 15.3. The quantitative estimate of drug-likeness (QED) is 0.504. The summed E-state index contributed by atoms with van der Waals surface area (Å²) in [4.78, 5) is 8.59. The van der Waals surface area contributed by atoms with Crippen LogP contribution in [0.2, 0.25) is 0 Å². The third kappa shape index (κ3) is 5.13. The SMILES string of the molecule is Fc1ccc(F)c(Nc2cc(-c3cccc(OC(F)(F)F)c3)nc(NC3CC3)n2)c1. The Morgan fingerprint density at radius 1 is 0.967 bits per heavy atom. The third-order valence-electron chi connectivity index (χ3n) is 4.19. The van der Waals surface area contributed by atoms with Crippen LogP contribution < -0.4 is 15.4 Å². The highest BCUT2D eigenvalue weighted by Crippen LogP contribution is 2.31. The number of benzene rings is 2. The molecule has 4 rings (SSSR count). The van der Waals surface area contributed by atoms with Gasteiger partial charge in [0, 0.05) is 23.7 Å². The first-order valence-corrected chi connectivity index (χ1v) is 8.99. The lowest BCUT2D eigenvalue weighted by molar-refractivity contribution is -0.274. The summed E-state index contributed by atoms with van der Waals surface area (Å²) in [7, 11) is 0.